The monoisotopic (exact) mass is 814 g/mol. The molecule has 9 heteroatoms. The summed E-state index contributed by atoms with van der Waals surface area (Å²) in [5.74, 6) is 5.28. The van der Waals surface area contributed by atoms with E-state index in [-0.39, 0.29) is 77.1 Å². The summed E-state index contributed by atoms with van der Waals surface area (Å²) in [7, 11) is 0. The summed E-state index contributed by atoms with van der Waals surface area (Å²) in [6, 6.07) is 13.5. The van der Waals surface area contributed by atoms with Crippen LogP contribution in [0.5, 0.6) is 0 Å². The molecule has 2 saturated carbocycles. The van der Waals surface area contributed by atoms with Gasteiger partial charge in [-0.15, -0.1) is 0 Å². The van der Waals surface area contributed by atoms with E-state index in [4.69, 9.17) is 40.6 Å². The second-order valence-corrected chi connectivity index (χ2v) is 22.1. The topological polar surface area (TPSA) is 106 Å². The van der Waals surface area contributed by atoms with Crippen molar-refractivity contribution in [2.45, 2.75) is 145 Å². The number of amidine groups is 2. The summed E-state index contributed by atoms with van der Waals surface area (Å²) in [6.45, 7) is 27.9. The van der Waals surface area contributed by atoms with Crippen LogP contribution in [0.15, 0.2) is 56.4 Å². The minimum Gasteiger partial charge on any atom is -0.459 e. The molecule has 2 aliphatic carbocycles. The molecule has 8 nitrogen and oxygen atoms in total. The maximum Gasteiger partial charge on any atom is 2.00 e. The minimum absolute atomic E-state index is 0. The number of hydrogen-bond acceptors (Lipinski definition) is 4. The molecule has 4 fully saturated rings. The molecule has 57 heavy (non-hydrogen) atoms. The largest absolute Gasteiger partial charge is 2.00 e. The van der Waals surface area contributed by atoms with Gasteiger partial charge in [-0.05, 0) is 158 Å². The van der Waals surface area contributed by atoms with Gasteiger partial charge >= 0.3 is 19.5 Å². The third-order valence-electron chi connectivity index (χ3n) is 14.3. The number of nitrogens with zero attached hydrogens (tertiary/aromatic N) is 8. The molecule has 0 N–H and O–H groups in total. The van der Waals surface area contributed by atoms with Crippen LogP contribution in [0.1, 0.15) is 133 Å². The third kappa shape index (κ3) is 7.24. The molecule has 5 heterocycles. The fourth-order valence-electron chi connectivity index (χ4n) is 10.5. The molecule has 0 spiro atoms. The van der Waals surface area contributed by atoms with Crippen molar-refractivity contribution in [3.05, 3.63) is 69.1 Å². The van der Waals surface area contributed by atoms with Crippen molar-refractivity contribution in [1.29, 1.82) is 0 Å². The van der Waals surface area contributed by atoms with Crippen LogP contribution in [0.3, 0.4) is 0 Å². The Morgan fingerprint density at radius 2 is 1.02 bits per heavy atom. The van der Waals surface area contributed by atoms with Crippen LogP contribution in [0.25, 0.3) is 32.2 Å². The van der Waals surface area contributed by atoms with Gasteiger partial charge in [-0.2, -0.15) is 0 Å². The van der Waals surface area contributed by atoms with E-state index in [1.54, 1.807) is 0 Å². The van der Waals surface area contributed by atoms with Crippen molar-refractivity contribution in [3.63, 3.8) is 0 Å². The van der Waals surface area contributed by atoms with Crippen LogP contribution in [-0.4, -0.2) is 24.0 Å². The van der Waals surface area contributed by atoms with Crippen LogP contribution >= 0.6 is 0 Å². The van der Waals surface area contributed by atoms with Crippen LogP contribution in [0.4, 0.5) is 11.6 Å². The molecule has 8 unspecified atom stereocenters. The van der Waals surface area contributed by atoms with Gasteiger partial charge in [0.1, 0.15) is 0 Å². The molecule has 3 aliphatic heterocycles. The van der Waals surface area contributed by atoms with E-state index in [1.165, 1.54) is 17.5 Å². The molecule has 4 aromatic rings. The maximum absolute atomic E-state index is 5.52. The first-order valence-corrected chi connectivity index (χ1v) is 21.4. The fourth-order valence-corrected chi connectivity index (χ4v) is 10.5. The number of fused-ring (bicyclic) bond motifs is 20. The molecule has 2 aromatic carbocycles. The first kappa shape index (κ1) is 40.5. The number of rotatable bonds is 0. The summed E-state index contributed by atoms with van der Waals surface area (Å²) < 4.78 is 0. The zero-order valence-corrected chi connectivity index (χ0v) is 39.6. The van der Waals surface area contributed by atoms with Gasteiger partial charge in [-0.3, -0.25) is 0 Å². The van der Waals surface area contributed by atoms with E-state index >= 15 is 0 Å². The van der Waals surface area contributed by atoms with Gasteiger partial charge in [0.15, 0.2) is 0 Å². The Kier molecular flexibility index (Phi) is 9.85. The summed E-state index contributed by atoms with van der Waals surface area (Å²) in [4.78, 5) is 32.5. The van der Waals surface area contributed by atoms with Crippen molar-refractivity contribution in [2.24, 2.45) is 66.3 Å². The van der Waals surface area contributed by atoms with Crippen molar-refractivity contribution >= 4 is 44.9 Å². The van der Waals surface area contributed by atoms with Crippen molar-refractivity contribution in [3.8, 4) is 0 Å². The smallest absolute Gasteiger partial charge is 0.459 e. The van der Waals surface area contributed by atoms with Crippen LogP contribution in [-0.2, 0) is 30.3 Å². The van der Waals surface area contributed by atoms with Gasteiger partial charge in [0.2, 0.25) is 0 Å². The quantitative estimate of drug-likeness (QED) is 0.165. The molecule has 8 atom stereocenters. The molecular formula is C48H62N8Zn-2. The Morgan fingerprint density at radius 3 is 1.63 bits per heavy atom. The summed E-state index contributed by atoms with van der Waals surface area (Å²) in [6.07, 6.45) is 6.02. The van der Waals surface area contributed by atoms with E-state index in [9.17, 15) is 0 Å². The number of benzene rings is 2. The number of aromatic nitrogens is 2. The predicted octanol–water partition coefficient (Wildman–Crippen LogP) is 11.1. The van der Waals surface area contributed by atoms with Crippen molar-refractivity contribution in [2.75, 3.05) is 0 Å². The first-order chi connectivity index (χ1) is 26.2. The second-order valence-electron chi connectivity index (χ2n) is 22.1. The van der Waals surface area contributed by atoms with Crippen molar-refractivity contribution < 1.29 is 19.5 Å². The van der Waals surface area contributed by atoms with Gasteiger partial charge < -0.3 is 40.6 Å². The summed E-state index contributed by atoms with van der Waals surface area (Å²) >= 11 is 0. The van der Waals surface area contributed by atoms with E-state index < -0.39 is 0 Å². The van der Waals surface area contributed by atoms with Crippen LogP contribution in [0.2, 0.25) is 0 Å². The fraction of sp³-hybridized carbons (Fsp3) is 0.625. The number of hydrogen-bond donors (Lipinski definition) is 0. The van der Waals surface area contributed by atoms with Crippen molar-refractivity contribution in [1.82, 2.24) is 9.97 Å². The molecule has 0 amide bonds. The Bertz CT molecular complexity index is 2390. The Labute approximate surface area is 352 Å². The van der Waals surface area contributed by atoms with Gasteiger partial charge in [-0.25, -0.2) is 0 Å². The number of aliphatic imine (C=N–C) groups is 2. The van der Waals surface area contributed by atoms with E-state index in [0.717, 1.165) is 82.1 Å². The van der Waals surface area contributed by atoms with Gasteiger partial charge in [-0.1, -0.05) is 125 Å². The summed E-state index contributed by atoms with van der Waals surface area (Å²) in [5.41, 5.74) is 4.38. The summed E-state index contributed by atoms with van der Waals surface area (Å²) in [5, 5.41) is 15.0. The molecule has 2 saturated heterocycles. The Balaban J connectivity index is 0.00000455. The SMILES string of the molecule is CC(C)(C)c1ccc2c3[n-]c(c2c1)/N=C1\[N-]C(/N=c2\[n-]/c(c4cc(C(C)(C)C)ccc24)=N\C2[N-]/C(=N\3)C3CC(C(C)(C)C)CCC23)C2CC(C(C)(C)C)CCC12.[Zn+2]. The van der Waals surface area contributed by atoms with Crippen LogP contribution < -0.4 is 20.9 Å². The van der Waals surface area contributed by atoms with E-state index in [1.807, 2.05) is 0 Å². The predicted molar refractivity (Wildman–Crippen MR) is 230 cm³/mol. The Morgan fingerprint density at radius 1 is 0.509 bits per heavy atom. The van der Waals surface area contributed by atoms with Gasteiger partial charge in [0.25, 0.3) is 0 Å². The molecular weight excluding hydrogens is 754 g/mol. The van der Waals surface area contributed by atoms with Crippen LogP contribution in [0, 0.1) is 46.3 Å². The molecule has 5 aliphatic rings. The third-order valence-corrected chi connectivity index (χ3v) is 14.3. The molecule has 9 rings (SSSR count). The maximum atomic E-state index is 5.52. The second kappa shape index (κ2) is 13.9. The zero-order chi connectivity index (χ0) is 39.7. The standard InChI is InChI=1S/C48H62N8.Zn/c1-45(2,3)25-13-17-29-33(21-25)41-49-37(29)54-42-35-23-27(47(7,8)9)15-19-31(35)39(51-42)56-44-36-24-28(48(10,11)12)16-20-32(36)40(52-44)55-43-34-22-26(46(4,5)6)14-18-30(34)38(50-43)53-41;/h13,16-17,20-21,24,26-27,30-31,34-35,38,42H,14-15,18-19,22-23H2,1-12H3;/q-4;+2. The average molecular weight is 816 g/mol. The molecule has 298 valence electrons. The minimum atomic E-state index is -0.270. The van der Waals surface area contributed by atoms with E-state index in [2.05, 4.69) is 119 Å². The van der Waals surface area contributed by atoms with Gasteiger partial charge in [0, 0.05) is 11.0 Å². The zero-order valence-electron chi connectivity index (χ0n) is 36.6. The molecule has 8 bridgehead atoms. The molecule has 0 radical (unpaired) electrons. The molecule has 2 aromatic heterocycles. The first-order valence-electron chi connectivity index (χ1n) is 21.4. The Hall–Kier alpha value is -3.32. The normalized spacial score (nSPS) is 31.9. The van der Waals surface area contributed by atoms with Gasteiger partial charge in [0.05, 0.1) is 0 Å². The van der Waals surface area contributed by atoms with E-state index in [0.29, 0.717) is 17.7 Å². The average Bonchev–Trinajstić information content (AvgIpc) is 3.84.